The first-order chi connectivity index (χ1) is 28.1. The van der Waals surface area contributed by atoms with Gasteiger partial charge < -0.3 is 14.2 Å². The third kappa shape index (κ3) is 45.5. The molecule has 0 fully saturated rings. The standard InChI is InChI=1S/C52H100O6/c1-46(2)38-32-26-20-16-12-10-8-7-9-11-13-19-23-31-37-43-52(55)58-49(45-57-51(54)42-36-30-25-24-28-34-40-48(5)6)44-56-50(53)41-35-29-22-18-15-14-17-21-27-33-39-47(3)4/h46-49H,7-45H2,1-6H3/t49-/m1/s1. The average Bonchev–Trinajstić information content (AvgIpc) is 3.18. The summed E-state index contributed by atoms with van der Waals surface area (Å²) in [5.41, 5.74) is 0. The van der Waals surface area contributed by atoms with Crippen molar-refractivity contribution in [2.45, 2.75) is 285 Å². The molecule has 0 saturated carbocycles. The molecule has 1 atom stereocenters. The van der Waals surface area contributed by atoms with E-state index in [0.717, 1.165) is 75.5 Å². The summed E-state index contributed by atoms with van der Waals surface area (Å²) >= 11 is 0. The van der Waals surface area contributed by atoms with Crippen molar-refractivity contribution in [1.29, 1.82) is 0 Å². The summed E-state index contributed by atoms with van der Waals surface area (Å²) in [6, 6.07) is 0. The Kier molecular flexibility index (Phi) is 42.3. The van der Waals surface area contributed by atoms with Gasteiger partial charge in [-0.1, -0.05) is 241 Å². The molecule has 0 radical (unpaired) electrons. The van der Waals surface area contributed by atoms with Gasteiger partial charge in [-0.15, -0.1) is 0 Å². The summed E-state index contributed by atoms with van der Waals surface area (Å²) in [5.74, 6) is 1.57. The number of hydrogen-bond acceptors (Lipinski definition) is 6. The van der Waals surface area contributed by atoms with Crippen molar-refractivity contribution in [1.82, 2.24) is 0 Å². The number of carbonyl (C=O) groups excluding carboxylic acids is 3. The number of hydrogen-bond donors (Lipinski definition) is 0. The second-order valence-electron chi connectivity index (χ2n) is 19.2. The Morgan fingerprint density at radius 1 is 0.293 bits per heavy atom. The van der Waals surface area contributed by atoms with Crippen LogP contribution >= 0.6 is 0 Å². The van der Waals surface area contributed by atoms with Crippen LogP contribution in [0.4, 0.5) is 0 Å². The van der Waals surface area contributed by atoms with Crippen LogP contribution in [0.1, 0.15) is 279 Å². The minimum absolute atomic E-state index is 0.0656. The highest BCUT2D eigenvalue weighted by Crippen LogP contribution is 2.17. The molecule has 0 N–H and O–H groups in total. The van der Waals surface area contributed by atoms with E-state index >= 15 is 0 Å². The van der Waals surface area contributed by atoms with E-state index in [0.29, 0.717) is 19.3 Å². The number of rotatable bonds is 45. The van der Waals surface area contributed by atoms with Crippen molar-refractivity contribution in [3.63, 3.8) is 0 Å². The Balaban J connectivity index is 4.26. The first-order valence-corrected chi connectivity index (χ1v) is 25.6. The summed E-state index contributed by atoms with van der Waals surface area (Å²) in [4.78, 5) is 37.9. The fourth-order valence-electron chi connectivity index (χ4n) is 7.76. The maximum Gasteiger partial charge on any atom is 0.306 e. The third-order valence-corrected chi connectivity index (χ3v) is 11.6. The van der Waals surface area contributed by atoms with Crippen molar-refractivity contribution in [2.24, 2.45) is 17.8 Å². The molecule has 0 spiro atoms. The molecule has 0 aliphatic heterocycles. The summed E-state index contributed by atoms with van der Waals surface area (Å²) in [7, 11) is 0. The van der Waals surface area contributed by atoms with Gasteiger partial charge in [0.05, 0.1) is 0 Å². The number of carbonyl (C=O) groups is 3. The topological polar surface area (TPSA) is 78.9 Å². The van der Waals surface area contributed by atoms with Crippen molar-refractivity contribution in [3.8, 4) is 0 Å². The smallest absolute Gasteiger partial charge is 0.306 e. The highest BCUT2D eigenvalue weighted by molar-refractivity contribution is 5.71. The van der Waals surface area contributed by atoms with Crippen molar-refractivity contribution in [2.75, 3.05) is 13.2 Å². The largest absolute Gasteiger partial charge is 0.462 e. The van der Waals surface area contributed by atoms with Gasteiger partial charge >= 0.3 is 17.9 Å². The zero-order valence-electron chi connectivity index (χ0n) is 39.8. The molecule has 0 bridgehead atoms. The van der Waals surface area contributed by atoms with Crippen LogP contribution in [-0.4, -0.2) is 37.2 Å². The van der Waals surface area contributed by atoms with Gasteiger partial charge in [-0.05, 0) is 37.0 Å². The van der Waals surface area contributed by atoms with Crippen molar-refractivity contribution >= 4 is 17.9 Å². The molecule has 0 saturated heterocycles. The number of ether oxygens (including phenoxy) is 3. The minimum atomic E-state index is -0.763. The van der Waals surface area contributed by atoms with Crippen LogP contribution in [0.25, 0.3) is 0 Å². The molecule has 0 aliphatic rings. The van der Waals surface area contributed by atoms with Gasteiger partial charge in [-0.25, -0.2) is 0 Å². The Morgan fingerprint density at radius 3 is 0.741 bits per heavy atom. The SMILES string of the molecule is CC(C)CCCCCCCCCCCCCCCCCC(=O)O[C@H](COC(=O)CCCCCCCCCCCCC(C)C)COC(=O)CCCCCCCCC(C)C. The molecular weight excluding hydrogens is 721 g/mol. The molecule has 6 nitrogen and oxygen atoms in total. The predicted molar refractivity (Wildman–Crippen MR) is 247 cm³/mol. The summed E-state index contributed by atoms with van der Waals surface area (Å²) in [5, 5.41) is 0. The lowest BCUT2D eigenvalue weighted by Gasteiger charge is -2.18. The number of unbranched alkanes of at least 4 members (excludes halogenated alkanes) is 28. The zero-order valence-corrected chi connectivity index (χ0v) is 39.8. The lowest BCUT2D eigenvalue weighted by Crippen LogP contribution is -2.30. The van der Waals surface area contributed by atoms with Crippen LogP contribution in [0.5, 0.6) is 0 Å². The van der Waals surface area contributed by atoms with E-state index in [1.165, 1.54) is 161 Å². The fourth-order valence-corrected chi connectivity index (χ4v) is 7.76. The predicted octanol–water partition coefficient (Wildman–Crippen LogP) is 16.4. The number of esters is 3. The zero-order chi connectivity index (χ0) is 42.7. The molecule has 0 heterocycles. The van der Waals surface area contributed by atoms with Gasteiger partial charge in [0.15, 0.2) is 6.10 Å². The van der Waals surface area contributed by atoms with Gasteiger partial charge in [-0.2, -0.15) is 0 Å². The minimum Gasteiger partial charge on any atom is -0.462 e. The maximum atomic E-state index is 12.8. The molecule has 0 aliphatic carbocycles. The van der Waals surface area contributed by atoms with E-state index in [-0.39, 0.29) is 31.1 Å². The molecule has 0 unspecified atom stereocenters. The normalized spacial score (nSPS) is 12.2. The Morgan fingerprint density at radius 2 is 0.500 bits per heavy atom. The van der Waals surface area contributed by atoms with Gasteiger partial charge in [-0.3, -0.25) is 14.4 Å². The van der Waals surface area contributed by atoms with Crippen LogP contribution in [0, 0.1) is 17.8 Å². The van der Waals surface area contributed by atoms with E-state index in [4.69, 9.17) is 14.2 Å². The van der Waals surface area contributed by atoms with Gasteiger partial charge in [0.1, 0.15) is 13.2 Å². The summed E-state index contributed by atoms with van der Waals surface area (Å²) < 4.78 is 16.8. The molecular formula is C52H100O6. The highest BCUT2D eigenvalue weighted by atomic mass is 16.6. The summed E-state index contributed by atoms with van der Waals surface area (Å²) in [6.07, 6.45) is 42.5. The molecule has 58 heavy (non-hydrogen) atoms. The van der Waals surface area contributed by atoms with Crippen molar-refractivity contribution in [3.05, 3.63) is 0 Å². The lowest BCUT2D eigenvalue weighted by atomic mass is 10.0. The first-order valence-electron chi connectivity index (χ1n) is 25.6. The Labute approximate surface area is 361 Å². The van der Waals surface area contributed by atoms with E-state index < -0.39 is 6.10 Å². The molecule has 0 rings (SSSR count). The fraction of sp³-hybridized carbons (Fsp3) is 0.942. The van der Waals surface area contributed by atoms with Gasteiger partial charge in [0, 0.05) is 19.3 Å². The van der Waals surface area contributed by atoms with Gasteiger partial charge in [0.25, 0.3) is 0 Å². The molecule has 0 aromatic rings. The molecule has 0 amide bonds. The maximum absolute atomic E-state index is 12.8. The third-order valence-electron chi connectivity index (χ3n) is 11.6. The second-order valence-corrected chi connectivity index (χ2v) is 19.2. The van der Waals surface area contributed by atoms with E-state index in [1.54, 1.807) is 0 Å². The summed E-state index contributed by atoms with van der Waals surface area (Å²) in [6.45, 7) is 13.6. The average molecular weight is 821 g/mol. The van der Waals surface area contributed by atoms with Crippen LogP contribution in [-0.2, 0) is 28.6 Å². The van der Waals surface area contributed by atoms with Crippen LogP contribution in [0.2, 0.25) is 0 Å². The van der Waals surface area contributed by atoms with E-state index in [2.05, 4.69) is 41.5 Å². The molecule has 0 aromatic carbocycles. The van der Waals surface area contributed by atoms with Crippen LogP contribution < -0.4 is 0 Å². The second kappa shape index (κ2) is 43.5. The molecule has 6 heteroatoms. The van der Waals surface area contributed by atoms with Crippen LogP contribution in [0.15, 0.2) is 0 Å². The Bertz CT molecular complexity index is 898. The highest BCUT2D eigenvalue weighted by Gasteiger charge is 2.19. The first kappa shape index (κ1) is 56.4. The lowest BCUT2D eigenvalue weighted by molar-refractivity contribution is -0.167. The van der Waals surface area contributed by atoms with Gasteiger partial charge in [0.2, 0.25) is 0 Å². The van der Waals surface area contributed by atoms with Crippen molar-refractivity contribution < 1.29 is 28.6 Å². The monoisotopic (exact) mass is 821 g/mol. The quantitative estimate of drug-likeness (QED) is 0.0346. The van der Waals surface area contributed by atoms with E-state index in [1.807, 2.05) is 0 Å². The van der Waals surface area contributed by atoms with E-state index in [9.17, 15) is 14.4 Å². The molecule has 344 valence electrons. The molecule has 0 aromatic heterocycles. The Hall–Kier alpha value is -1.59. The van der Waals surface area contributed by atoms with Crippen LogP contribution in [0.3, 0.4) is 0 Å².